The molecule has 2 radical (unpaired) electrons. The fraction of sp³-hybridized carbons (Fsp3) is 0. The molecule has 9 heavy (non-hydrogen) atoms. The van der Waals surface area contributed by atoms with E-state index < -0.39 is 0 Å². The fourth-order valence-corrected chi connectivity index (χ4v) is 0.560. The fourth-order valence-electron chi connectivity index (χ4n) is 0.560. The number of hydrogen-bond donors (Lipinski definition) is 0. The van der Waals surface area contributed by atoms with Gasteiger partial charge < -0.3 is 0 Å². The lowest BCUT2D eigenvalue weighted by molar-refractivity contribution is 0.355. The van der Waals surface area contributed by atoms with Crippen molar-refractivity contribution >= 4 is 6.29 Å². The zero-order chi connectivity index (χ0) is 6.69. The molecule has 0 spiro atoms. The highest BCUT2D eigenvalue weighted by Crippen LogP contribution is 2.08. The molecule has 0 N–H and O–H groups in total. The van der Waals surface area contributed by atoms with Crippen LogP contribution in [0.4, 0.5) is 0 Å². The molecule has 0 aliphatic carbocycles. The summed E-state index contributed by atoms with van der Waals surface area (Å²) < 4.78 is 0. The SMILES string of the molecule is [O]c1cccc([C]=O)c1. The summed E-state index contributed by atoms with van der Waals surface area (Å²) in [5, 5.41) is 10.5. The Morgan fingerprint density at radius 1 is 1.33 bits per heavy atom. The third-order valence-electron chi connectivity index (χ3n) is 0.952. The summed E-state index contributed by atoms with van der Waals surface area (Å²) in [5.74, 6) is -0.157. The largest absolute Gasteiger partial charge is 0.290 e. The first-order valence-corrected chi connectivity index (χ1v) is 2.48. The number of hydrogen-bond acceptors (Lipinski definition) is 1. The van der Waals surface area contributed by atoms with Crippen LogP contribution in [0.2, 0.25) is 0 Å². The van der Waals surface area contributed by atoms with E-state index in [1.165, 1.54) is 24.3 Å². The number of carbonyl (C=O) groups excluding carboxylic acids is 1. The lowest BCUT2D eigenvalue weighted by atomic mass is 10.2. The Bertz CT molecular complexity index is 218. The smallest absolute Gasteiger partial charge is 0.233 e. The van der Waals surface area contributed by atoms with Crippen LogP contribution in [-0.4, -0.2) is 6.29 Å². The Morgan fingerprint density at radius 2 is 2.11 bits per heavy atom. The third-order valence-corrected chi connectivity index (χ3v) is 0.952. The van der Waals surface area contributed by atoms with Crippen molar-refractivity contribution in [2.75, 3.05) is 0 Å². The van der Waals surface area contributed by atoms with E-state index in [0.29, 0.717) is 5.56 Å². The van der Waals surface area contributed by atoms with Crippen LogP contribution in [0.1, 0.15) is 5.56 Å². The van der Waals surface area contributed by atoms with Crippen LogP contribution in [0.5, 0.6) is 5.75 Å². The molecule has 0 saturated carbocycles. The standard InChI is InChI=1S/C7H4O2/c8-5-6-2-1-3-7(9)4-6/h1-4H. The summed E-state index contributed by atoms with van der Waals surface area (Å²) in [5.41, 5.74) is 0.308. The maximum absolute atomic E-state index is 10.5. The summed E-state index contributed by atoms with van der Waals surface area (Å²) in [6, 6.07) is 5.70. The van der Waals surface area contributed by atoms with Crippen LogP contribution in [0.3, 0.4) is 0 Å². The topological polar surface area (TPSA) is 37.0 Å². The van der Waals surface area contributed by atoms with Crippen molar-refractivity contribution in [2.24, 2.45) is 0 Å². The van der Waals surface area contributed by atoms with E-state index in [4.69, 9.17) is 0 Å². The summed E-state index contributed by atoms with van der Waals surface area (Å²) in [7, 11) is 0. The highest BCUT2D eigenvalue weighted by atomic mass is 16.3. The van der Waals surface area contributed by atoms with E-state index in [1.54, 1.807) is 6.29 Å². The van der Waals surface area contributed by atoms with Crippen molar-refractivity contribution in [3.05, 3.63) is 29.8 Å². The predicted molar refractivity (Wildman–Crippen MR) is 31.4 cm³/mol. The summed E-state index contributed by atoms with van der Waals surface area (Å²) >= 11 is 0. The monoisotopic (exact) mass is 120 g/mol. The molecule has 0 bridgehead atoms. The van der Waals surface area contributed by atoms with Gasteiger partial charge in [0.15, 0.2) is 5.75 Å². The van der Waals surface area contributed by atoms with Gasteiger partial charge >= 0.3 is 0 Å². The molecule has 44 valence electrons. The van der Waals surface area contributed by atoms with Gasteiger partial charge in [0.05, 0.1) is 0 Å². The molecule has 0 aliphatic rings. The van der Waals surface area contributed by atoms with Crippen molar-refractivity contribution in [1.29, 1.82) is 0 Å². The van der Waals surface area contributed by atoms with Crippen LogP contribution < -0.4 is 0 Å². The van der Waals surface area contributed by atoms with Crippen LogP contribution in [-0.2, 0) is 9.90 Å². The second-order valence-electron chi connectivity index (χ2n) is 1.63. The summed E-state index contributed by atoms with van der Waals surface area (Å²) in [6.07, 6.45) is 1.62. The lowest BCUT2D eigenvalue weighted by Crippen LogP contribution is -1.75. The Labute approximate surface area is 52.8 Å². The Hall–Kier alpha value is -1.31. The van der Waals surface area contributed by atoms with Gasteiger partial charge in [0.1, 0.15) is 0 Å². The first-order valence-electron chi connectivity index (χ1n) is 2.48. The maximum Gasteiger partial charge on any atom is 0.233 e. The molecule has 0 heterocycles. The van der Waals surface area contributed by atoms with Crippen molar-refractivity contribution < 1.29 is 9.90 Å². The van der Waals surface area contributed by atoms with E-state index in [1.807, 2.05) is 0 Å². The van der Waals surface area contributed by atoms with Gasteiger partial charge in [0.2, 0.25) is 6.29 Å². The van der Waals surface area contributed by atoms with E-state index in [0.717, 1.165) is 0 Å². The first kappa shape index (κ1) is 5.82. The lowest BCUT2D eigenvalue weighted by Gasteiger charge is -1.85. The Morgan fingerprint density at radius 3 is 2.56 bits per heavy atom. The van der Waals surface area contributed by atoms with E-state index in [9.17, 15) is 9.90 Å². The predicted octanol–water partition coefficient (Wildman–Crippen LogP) is 1.29. The normalized spacial score (nSPS) is 8.89. The van der Waals surface area contributed by atoms with Crippen LogP contribution in [0, 0.1) is 0 Å². The second-order valence-corrected chi connectivity index (χ2v) is 1.63. The van der Waals surface area contributed by atoms with Gasteiger partial charge in [-0.2, -0.15) is 0 Å². The van der Waals surface area contributed by atoms with Crippen LogP contribution >= 0.6 is 0 Å². The zero-order valence-corrected chi connectivity index (χ0v) is 4.63. The molecule has 1 rings (SSSR count). The third kappa shape index (κ3) is 1.29. The summed E-state index contributed by atoms with van der Waals surface area (Å²) in [4.78, 5) is 9.89. The van der Waals surface area contributed by atoms with Crippen molar-refractivity contribution in [2.45, 2.75) is 0 Å². The Balaban J connectivity index is 3.07. The van der Waals surface area contributed by atoms with Gasteiger partial charge in [-0.1, -0.05) is 12.1 Å². The molecular weight excluding hydrogens is 116 g/mol. The van der Waals surface area contributed by atoms with E-state index in [2.05, 4.69) is 0 Å². The van der Waals surface area contributed by atoms with Crippen LogP contribution in [0.15, 0.2) is 24.3 Å². The van der Waals surface area contributed by atoms with Gasteiger partial charge in [-0.3, -0.25) is 9.90 Å². The number of benzene rings is 1. The quantitative estimate of drug-likeness (QED) is 0.550. The van der Waals surface area contributed by atoms with Crippen molar-refractivity contribution in [3.8, 4) is 5.75 Å². The molecule has 0 aromatic heterocycles. The Kier molecular flexibility index (Phi) is 1.49. The minimum Gasteiger partial charge on any atom is -0.290 e. The average Bonchev–Trinajstić information content (AvgIpc) is 1.88. The molecule has 1 aromatic carbocycles. The molecule has 0 aliphatic heterocycles. The number of rotatable bonds is 1. The molecule has 2 heteroatoms. The van der Waals surface area contributed by atoms with Gasteiger partial charge in [-0.15, -0.1) is 0 Å². The van der Waals surface area contributed by atoms with Crippen LogP contribution in [0.25, 0.3) is 0 Å². The van der Waals surface area contributed by atoms with Gasteiger partial charge in [0, 0.05) is 5.56 Å². The maximum atomic E-state index is 10.5. The molecular formula is C7H4O2. The molecule has 0 amide bonds. The highest BCUT2D eigenvalue weighted by molar-refractivity contribution is 5.75. The van der Waals surface area contributed by atoms with Gasteiger partial charge in [0.25, 0.3) is 0 Å². The molecule has 1 aromatic rings. The van der Waals surface area contributed by atoms with Crippen molar-refractivity contribution in [3.63, 3.8) is 0 Å². The summed E-state index contributed by atoms with van der Waals surface area (Å²) in [6.45, 7) is 0. The molecule has 0 fully saturated rings. The minimum absolute atomic E-state index is 0.157. The van der Waals surface area contributed by atoms with Crippen molar-refractivity contribution in [1.82, 2.24) is 0 Å². The average molecular weight is 120 g/mol. The molecule has 2 nitrogen and oxygen atoms in total. The van der Waals surface area contributed by atoms with Gasteiger partial charge in [-0.05, 0) is 12.1 Å². The minimum atomic E-state index is -0.157. The highest BCUT2D eigenvalue weighted by Gasteiger charge is 1.91. The van der Waals surface area contributed by atoms with E-state index in [-0.39, 0.29) is 5.75 Å². The second kappa shape index (κ2) is 2.31. The molecule has 0 saturated heterocycles. The van der Waals surface area contributed by atoms with Gasteiger partial charge in [-0.25, -0.2) is 0 Å². The van der Waals surface area contributed by atoms with E-state index >= 15 is 0 Å². The zero-order valence-electron chi connectivity index (χ0n) is 4.63. The molecule has 0 atom stereocenters. The molecule has 0 unspecified atom stereocenters. The first-order chi connectivity index (χ1) is 4.33.